The van der Waals surface area contributed by atoms with Crippen molar-refractivity contribution in [3.63, 3.8) is 0 Å². The van der Waals surface area contributed by atoms with Gasteiger partial charge in [-0.3, -0.25) is 0 Å². The predicted octanol–water partition coefficient (Wildman–Crippen LogP) is 3.72. The van der Waals surface area contributed by atoms with Gasteiger partial charge in [0.05, 0.1) is 0 Å². The summed E-state index contributed by atoms with van der Waals surface area (Å²) < 4.78 is 27.0. The summed E-state index contributed by atoms with van der Waals surface area (Å²) in [6.07, 6.45) is 1.90. The highest BCUT2D eigenvalue weighted by Crippen LogP contribution is 2.28. The Hall–Kier alpha value is -1.00. The van der Waals surface area contributed by atoms with Gasteiger partial charge in [0.1, 0.15) is 0 Å². The number of likely N-dealkylation sites (tertiary alicyclic amines) is 1. The number of hydrogen-bond acceptors (Lipinski definition) is 2. The summed E-state index contributed by atoms with van der Waals surface area (Å²) in [6, 6.07) is 4.28. The van der Waals surface area contributed by atoms with Crippen molar-refractivity contribution < 1.29 is 8.78 Å². The summed E-state index contributed by atoms with van der Waals surface area (Å²) in [5.41, 5.74) is 6.34. The van der Waals surface area contributed by atoms with Gasteiger partial charge in [0.15, 0.2) is 11.6 Å². The Labute approximate surface area is 126 Å². The number of benzene rings is 1. The predicted molar refractivity (Wildman–Crippen MR) is 81.9 cm³/mol. The van der Waals surface area contributed by atoms with Crippen molar-refractivity contribution in [1.29, 1.82) is 0 Å². The zero-order valence-corrected chi connectivity index (χ0v) is 13.2. The molecule has 2 nitrogen and oxygen atoms in total. The summed E-state index contributed by atoms with van der Waals surface area (Å²) >= 11 is 0. The second-order valence-corrected chi connectivity index (χ2v) is 6.59. The Morgan fingerprint density at radius 3 is 2.71 bits per heavy atom. The molecule has 1 heterocycles. The number of nitrogens with two attached hydrogens (primary N) is 1. The zero-order valence-electron chi connectivity index (χ0n) is 13.2. The first kappa shape index (κ1) is 16.4. The molecular formula is C17H26F2N2. The maximum atomic E-state index is 13.7. The van der Waals surface area contributed by atoms with Gasteiger partial charge in [-0.05, 0) is 37.7 Å². The van der Waals surface area contributed by atoms with Crippen molar-refractivity contribution in [3.8, 4) is 0 Å². The Morgan fingerprint density at radius 1 is 1.29 bits per heavy atom. The number of halogens is 2. The van der Waals surface area contributed by atoms with Crippen LogP contribution in [0, 0.1) is 23.5 Å². The lowest BCUT2D eigenvalue weighted by molar-refractivity contribution is 0.0768. The van der Waals surface area contributed by atoms with Gasteiger partial charge in [0, 0.05) is 30.7 Å². The van der Waals surface area contributed by atoms with Crippen LogP contribution < -0.4 is 5.73 Å². The molecule has 2 rings (SSSR count). The van der Waals surface area contributed by atoms with Crippen molar-refractivity contribution in [2.75, 3.05) is 13.1 Å². The van der Waals surface area contributed by atoms with Gasteiger partial charge in [0.25, 0.3) is 0 Å². The fourth-order valence-electron chi connectivity index (χ4n) is 3.39. The molecule has 0 spiro atoms. The van der Waals surface area contributed by atoms with Crippen LogP contribution in [0.1, 0.15) is 45.2 Å². The first-order chi connectivity index (χ1) is 9.90. The van der Waals surface area contributed by atoms with E-state index in [4.69, 9.17) is 5.73 Å². The van der Waals surface area contributed by atoms with Gasteiger partial charge in [-0.25, -0.2) is 8.78 Å². The van der Waals surface area contributed by atoms with E-state index in [9.17, 15) is 8.78 Å². The number of piperidine rings is 1. The first-order valence-corrected chi connectivity index (χ1v) is 7.83. The second-order valence-electron chi connectivity index (χ2n) is 6.59. The molecule has 0 amide bonds. The van der Waals surface area contributed by atoms with Crippen molar-refractivity contribution in [2.45, 2.75) is 45.7 Å². The average Bonchev–Trinajstić information content (AvgIpc) is 2.43. The average molecular weight is 296 g/mol. The van der Waals surface area contributed by atoms with Crippen LogP contribution in [0.2, 0.25) is 0 Å². The number of hydrogen-bond donors (Lipinski definition) is 1. The van der Waals surface area contributed by atoms with Crippen molar-refractivity contribution in [3.05, 3.63) is 35.4 Å². The van der Waals surface area contributed by atoms with Crippen LogP contribution in [-0.4, -0.2) is 24.0 Å². The van der Waals surface area contributed by atoms with Crippen LogP contribution in [-0.2, 0) is 0 Å². The third kappa shape index (κ3) is 3.80. The van der Waals surface area contributed by atoms with E-state index in [0.29, 0.717) is 24.3 Å². The number of rotatable bonds is 4. The Kier molecular flexibility index (Phi) is 5.33. The largest absolute Gasteiger partial charge is 0.324 e. The third-order valence-corrected chi connectivity index (χ3v) is 4.83. The van der Waals surface area contributed by atoms with Gasteiger partial charge >= 0.3 is 0 Å². The maximum Gasteiger partial charge on any atom is 0.163 e. The van der Waals surface area contributed by atoms with Gasteiger partial charge < -0.3 is 10.6 Å². The molecule has 1 aliphatic rings. The summed E-state index contributed by atoms with van der Waals surface area (Å²) in [5, 5.41) is 0. The minimum Gasteiger partial charge on any atom is -0.324 e. The fourth-order valence-corrected chi connectivity index (χ4v) is 3.39. The molecule has 21 heavy (non-hydrogen) atoms. The molecule has 0 saturated carbocycles. The van der Waals surface area contributed by atoms with E-state index in [2.05, 4.69) is 25.7 Å². The molecule has 1 aromatic carbocycles. The zero-order chi connectivity index (χ0) is 15.6. The van der Waals surface area contributed by atoms with Crippen LogP contribution in [0.5, 0.6) is 0 Å². The molecule has 4 heteroatoms. The van der Waals surface area contributed by atoms with Crippen LogP contribution in [0.3, 0.4) is 0 Å². The van der Waals surface area contributed by atoms with Gasteiger partial charge in [-0.1, -0.05) is 26.0 Å². The summed E-state index contributed by atoms with van der Waals surface area (Å²) in [5.74, 6) is -0.288. The summed E-state index contributed by atoms with van der Waals surface area (Å²) in [4.78, 5) is 2.43. The van der Waals surface area contributed by atoms with E-state index >= 15 is 0 Å². The Bertz CT molecular complexity index is 478. The minimum atomic E-state index is -0.823. The smallest absolute Gasteiger partial charge is 0.163 e. The van der Waals surface area contributed by atoms with Crippen molar-refractivity contribution in [2.24, 2.45) is 17.6 Å². The quantitative estimate of drug-likeness (QED) is 0.917. The Morgan fingerprint density at radius 2 is 2.00 bits per heavy atom. The monoisotopic (exact) mass is 296 g/mol. The summed E-state index contributed by atoms with van der Waals surface area (Å²) in [7, 11) is 0. The highest BCUT2D eigenvalue weighted by Gasteiger charge is 2.28. The van der Waals surface area contributed by atoms with E-state index in [1.807, 2.05) is 0 Å². The Balaban J connectivity index is 1.97. The molecule has 0 aliphatic carbocycles. The lowest BCUT2D eigenvalue weighted by Crippen LogP contribution is -2.46. The molecule has 4 unspecified atom stereocenters. The van der Waals surface area contributed by atoms with Crippen LogP contribution in [0.15, 0.2) is 18.2 Å². The molecule has 0 aromatic heterocycles. The molecule has 2 N–H and O–H groups in total. The fraction of sp³-hybridized carbons (Fsp3) is 0.647. The van der Waals surface area contributed by atoms with Crippen LogP contribution in [0.4, 0.5) is 8.78 Å². The van der Waals surface area contributed by atoms with E-state index < -0.39 is 17.7 Å². The molecule has 1 saturated heterocycles. The molecule has 4 atom stereocenters. The highest BCUT2D eigenvalue weighted by molar-refractivity contribution is 5.22. The third-order valence-electron chi connectivity index (χ3n) is 4.83. The van der Waals surface area contributed by atoms with E-state index in [1.165, 1.54) is 12.5 Å². The molecule has 0 radical (unpaired) electrons. The molecule has 0 bridgehead atoms. The van der Waals surface area contributed by atoms with Gasteiger partial charge in [-0.15, -0.1) is 0 Å². The van der Waals surface area contributed by atoms with Crippen LogP contribution in [0.25, 0.3) is 0 Å². The maximum absolute atomic E-state index is 13.7. The van der Waals surface area contributed by atoms with Gasteiger partial charge in [0.2, 0.25) is 0 Å². The van der Waals surface area contributed by atoms with Crippen molar-refractivity contribution >= 4 is 0 Å². The normalized spacial score (nSPS) is 28.6. The van der Waals surface area contributed by atoms with E-state index in [1.54, 1.807) is 6.07 Å². The number of nitrogens with zero attached hydrogens (tertiary/aromatic N) is 1. The lowest BCUT2D eigenvalue weighted by atomic mass is 9.85. The van der Waals surface area contributed by atoms with E-state index in [-0.39, 0.29) is 5.56 Å². The molecule has 1 aromatic rings. The highest BCUT2D eigenvalue weighted by atomic mass is 19.2. The minimum absolute atomic E-state index is 0.278. The molecule has 1 fully saturated rings. The van der Waals surface area contributed by atoms with Gasteiger partial charge in [-0.2, -0.15) is 0 Å². The molecule has 1 aliphatic heterocycles. The molecular weight excluding hydrogens is 270 g/mol. The topological polar surface area (TPSA) is 29.3 Å². The van der Waals surface area contributed by atoms with Crippen molar-refractivity contribution in [1.82, 2.24) is 4.90 Å². The lowest BCUT2D eigenvalue weighted by Gasteiger charge is -2.41. The van der Waals surface area contributed by atoms with E-state index in [0.717, 1.165) is 19.2 Å². The summed E-state index contributed by atoms with van der Waals surface area (Å²) in [6.45, 7) is 8.67. The SMILES string of the molecule is CC1CC(C)C(C)N(CCC(N)c2cccc(F)c2F)C1. The standard InChI is InChI=1S/C17H26F2N2/c1-11-9-12(2)13(3)21(10-11)8-7-16(20)14-5-4-6-15(18)17(14)19/h4-6,11-13,16H,7-10,20H2,1-3H3. The molecule has 118 valence electrons. The second kappa shape index (κ2) is 6.84. The van der Waals surface area contributed by atoms with Crippen LogP contribution >= 0.6 is 0 Å². The first-order valence-electron chi connectivity index (χ1n) is 7.83.